The van der Waals surface area contributed by atoms with Crippen molar-refractivity contribution in [3.8, 4) is 0 Å². The van der Waals surface area contributed by atoms with Gasteiger partial charge in [-0.15, -0.1) is 0 Å². The van der Waals surface area contributed by atoms with Crippen LogP contribution in [0.4, 0.5) is 0 Å². The summed E-state index contributed by atoms with van der Waals surface area (Å²) in [6.45, 7) is 5.34. The number of ether oxygens (including phenoxy) is 2. The fourth-order valence-electron chi connectivity index (χ4n) is 4.36. The summed E-state index contributed by atoms with van der Waals surface area (Å²) in [6.07, 6.45) is 3.41. The fraction of sp³-hybridized carbons (Fsp3) is 0.733. The van der Waals surface area contributed by atoms with Crippen molar-refractivity contribution in [1.82, 2.24) is 0 Å². The van der Waals surface area contributed by atoms with Crippen molar-refractivity contribution in [2.75, 3.05) is 0 Å². The van der Waals surface area contributed by atoms with E-state index in [2.05, 4.69) is 6.92 Å². The van der Waals surface area contributed by atoms with Gasteiger partial charge >= 0.3 is 11.9 Å². The van der Waals surface area contributed by atoms with Crippen LogP contribution in [0.3, 0.4) is 0 Å². The topological polar surface area (TPSA) is 72.8 Å². The van der Waals surface area contributed by atoms with E-state index in [0.29, 0.717) is 0 Å². The van der Waals surface area contributed by atoms with Crippen molar-refractivity contribution in [3.63, 3.8) is 0 Å². The standard InChI is InChI=1S/C15H20O5/c1-8-5-4-6-15-11(17)7-10(19-9(2)16)12(13(18)20-15)14(8,15)3/h4,6,8,10-12,17H,5,7H2,1-3H3/t8-,10-,11-,12+,14-,15+/m0/s1. The first-order valence-corrected chi connectivity index (χ1v) is 7.08. The second-order valence-electron chi connectivity index (χ2n) is 6.41. The van der Waals surface area contributed by atoms with Gasteiger partial charge in [0, 0.05) is 18.8 Å². The molecule has 0 radical (unpaired) electrons. The van der Waals surface area contributed by atoms with Gasteiger partial charge in [0.05, 0.1) is 0 Å². The van der Waals surface area contributed by atoms with E-state index >= 15 is 0 Å². The molecule has 1 heterocycles. The molecule has 5 heteroatoms. The molecule has 6 atom stereocenters. The first-order valence-electron chi connectivity index (χ1n) is 7.08. The molecule has 0 aromatic heterocycles. The lowest BCUT2D eigenvalue weighted by molar-refractivity contribution is -0.183. The number of carbonyl (C=O) groups excluding carboxylic acids is 2. The number of aliphatic hydroxyl groups is 1. The van der Waals surface area contributed by atoms with Crippen LogP contribution in [0, 0.1) is 17.3 Å². The van der Waals surface area contributed by atoms with E-state index in [1.807, 2.05) is 19.1 Å². The molecule has 2 bridgehead atoms. The molecule has 0 aromatic rings. The van der Waals surface area contributed by atoms with Crippen LogP contribution in [-0.4, -0.2) is 34.9 Å². The number of rotatable bonds is 1. The highest BCUT2D eigenvalue weighted by atomic mass is 16.6. The van der Waals surface area contributed by atoms with Gasteiger partial charge in [-0.25, -0.2) is 0 Å². The maximum absolute atomic E-state index is 12.3. The third-order valence-electron chi connectivity index (χ3n) is 5.53. The van der Waals surface area contributed by atoms with Gasteiger partial charge < -0.3 is 14.6 Å². The largest absolute Gasteiger partial charge is 0.462 e. The van der Waals surface area contributed by atoms with Crippen LogP contribution >= 0.6 is 0 Å². The normalized spacial score (nSPS) is 49.5. The minimum absolute atomic E-state index is 0.164. The number of aliphatic hydroxyl groups excluding tert-OH is 1. The van der Waals surface area contributed by atoms with Crippen LogP contribution in [-0.2, 0) is 19.1 Å². The Bertz CT molecular complexity index is 498. The van der Waals surface area contributed by atoms with E-state index in [1.165, 1.54) is 6.92 Å². The third-order valence-corrected chi connectivity index (χ3v) is 5.53. The monoisotopic (exact) mass is 280 g/mol. The Morgan fingerprint density at radius 2 is 2.25 bits per heavy atom. The summed E-state index contributed by atoms with van der Waals surface area (Å²) in [5.41, 5.74) is -1.51. The Balaban J connectivity index is 2.11. The third kappa shape index (κ3) is 1.41. The Labute approximate surface area is 117 Å². The van der Waals surface area contributed by atoms with Crippen molar-refractivity contribution in [3.05, 3.63) is 12.2 Å². The van der Waals surface area contributed by atoms with E-state index in [0.717, 1.165) is 6.42 Å². The molecule has 1 saturated heterocycles. The summed E-state index contributed by atoms with van der Waals surface area (Å²) in [7, 11) is 0. The summed E-state index contributed by atoms with van der Waals surface area (Å²) in [5.74, 6) is -1.14. The van der Waals surface area contributed by atoms with Gasteiger partial charge in [-0.3, -0.25) is 9.59 Å². The van der Waals surface area contributed by atoms with Gasteiger partial charge in [0.1, 0.15) is 18.1 Å². The first-order chi connectivity index (χ1) is 9.33. The molecule has 0 aromatic carbocycles. The summed E-state index contributed by atoms with van der Waals surface area (Å²) in [6, 6.07) is 0. The predicted octanol–water partition coefficient (Wildman–Crippen LogP) is 1.20. The zero-order valence-electron chi connectivity index (χ0n) is 12.0. The number of allylic oxidation sites excluding steroid dienone is 1. The van der Waals surface area contributed by atoms with Crippen LogP contribution in [0.25, 0.3) is 0 Å². The van der Waals surface area contributed by atoms with Crippen molar-refractivity contribution in [1.29, 1.82) is 0 Å². The summed E-state index contributed by atoms with van der Waals surface area (Å²) < 4.78 is 10.9. The lowest BCUT2D eigenvalue weighted by Crippen LogP contribution is -2.63. The number of carbonyl (C=O) groups is 2. The molecule has 0 unspecified atom stereocenters. The second kappa shape index (κ2) is 4.07. The highest BCUT2D eigenvalue weighted by Crippen LogP contribution is 2.63. The SMILES string of the molecule is CC(=O)O[C@H]1C[C@H](O)[C@]23C=CC[C@H](C)[C@@]2(C)[C@H]1C(=O)O3. The Morgan fingerprint density at radius 1 is 1.55 bits per heavy atom. The van der Waals surface area contributed by atoms with Crippen molar-refractivity contribution in [2.45, 2.75) is 51.4 Å². The molecule has 20 heavy (non-hydrogen) atoms. The zero-order chi connectivity index (χ0) is 14.7. The molecule has 2 aliphatic carbocycles. The smallest absolute Gasteiger partial charge is 0.314 e. The molecule has 0 amide bonds. The minimum Gasteiger partial charge on any atom is -0.462 e. The lowest BCUT2D eigenvalue weighted by atomic mass is 9.51. The Hall–Kier alpha value is -1.36. The van der Waals surface area contributed by atoms with E-state index in [-0.39, 0.29) is 18.3 Å². The number of esters is 2. The van der Waals surface area contributed by atoms with E-state index in [1.54, 1.807) is 0 Å². The maximum Gasteiger partial charge on any atom is 0.314 e. The quantitative estimate of drug-likeness (QED) is 0.577. The van der Waals surface area contributed by atoms with Crippen molar-refractivity contribution < 1.29 is 24.2 Å². The molecular formula is C15H20O5. The summed E-state index contributed by atoms with van der Waals surface area (Å²) in [5, 5.41) is 10.5. The van der Waals surface area contributed by atoms with E-state index in [4.69, 9.17) is 9.47 Å². The van der Waals surface area contributed by atoms with Gasteiger partial charge in [0.15, 0.2) is 5.60 Å². The average Bonchev–Trinajstić information content (AvgIpc) is 2.51. The lowest BCUT2D eigenvalue weighted by Gasteiger charge is -2.54. The molecule has 2 fully saturated rings. The molecule has 5 nitrogen and oxygen atoms in total. The van der Waals surface area contributed by atoms with Crippen LogP contribution in [0.15, 0.2) is 12.2 Å². The highest BCUT2D eigenvalue weighted by molar-refractivity contribution is 5.80. The number of hydrogen-bond donors (Lipinski definition) is 1. The zero-order valence-corrected chi connectivity index (χ0v) is 12.0. The summed E-state index contributed by atoms with van der Waals surface area (Å²) in [4.78, 5) is 23.6. The fourth-order valence-corrected chi connectivity index (χ4v) is 4.36. The molecule has 1 saturated carbocycles. The molecular weight excluding hydrogens is 260 g/mol. The van der Waals surface area contributed by atoms with Crippen LogP contribution in [0.2, 0.25) is 0 Å². The maximum atomic E-state index is 12.3. The van der Waals surface area contributed by atoms with Gasteiger partial charge in [0.2, 0.25) is 0 Å². The van der Waals surface area contributed by atoms with Gasteiger partial charge in [-0.1, -0.05) is 19.9 Å². The van der Waals surface area contributed by atoms with E-state index < -0.39 is 35.1 Å². The van der Waals surface area contributed by atoms with Gasteiger partial charge in [-0.2, -0.15) is 0 Å². The highest BCUT2D eigenvalue weighted by Gasteiger charge is 2.73. The minimum atomic E-state index is -0.969. The Kier molecular flexibility index (Phi) is 2.77. The van der Waals surface area contributed by atoms with E-state index in [9.17, 15) is 14.7 Å². The predicted molar refractivity (Wildman–Crippen MR) is 69.5 cm³/mol. The molecule has 3 aliphatic rings. The Morgan fingerprint density at radius 3 is 2.90 bits per heavy atom. The molecule has 3 rings (SSSR count). The second-order valence-corrected chi connectivity index (χ2v) is 6.41. The average molecular weight is 280 g/mol. The van der Waals surface area contributed by atoms with Crippen molar-refractivity contribution in [2.24, 2.45) is 17.3 Å². The van der Waals surface area contributed by atoms with Gasteiger partial charge in [0.25, 0.3) is 0 Å². The summed E-state index contributed by atoms with van der Waals surface area (Å²) >= 11 is 0. The number of hydrogen-bond acceptors (Lipinski definition) is 5. The first kappa shape index (κ1) is 13.6. The molecule has 0 spiro atoms. The van der Waals surface area contributed by atoms with Crippen LogP contribution < -0.4 is 0 Å². The van der Waals surface area contributed by atoms with Crippen molar-refractivity contribution >= 4 is 11.9 Å². The van der Waals surface area contributed by atoms with Crippen LogP contribution in [0.1, 0.15) is 33.6 Å². The van der Waals surface area contributed by atoms with Crippen LogP contribution in [0.5, 0.6) is 0 Å². The van der Waals surface area contributed by atoms with Gasteiger partial charge in [-0.05, 0) is 18.4 Å². The molecule has 110 valence electrons. The molecule has 1 aliphatic heterocycles. The molecule has 1 N–H and O–H groups in total.